The van der Waals surface area contributed by atoms with Gasteiger partial charge in [0.1, 0.15) is 0 Å². The van der Waals surface area contributed by atoms with Crippen molar-refractivity contribution in [1.82, 2.24) is 10.6 Å². The third-order valence-electron chi connectivity index (χ3n) is 1.86. The van der Waals surface area contributed by atoms with E-state index >= 15 is 0 Å². The van der Waals surface area contributed by atoms with Gasteiger partial charge in [-0.25, -0.2) is 4.79 Å². The molecule has 1 aliphatic rings. The number of rotatable bonds is 1. The summed E-state index contributed by atoms with van der Waals surface area (Å²) in [5.74, 6) is 0. The Balaban J connectivity index is 2.84. The number of amides is 1. The smallest absolute Gasteiger partial charge is 0.409 e. The Morgan fingerprint density at radius 3 is 2.47 bits per heavy atom. The number of allylic oxidation sites excluding steroid dienone is 9. The number of nitrogens with zero attached hydrogens (tertiary/aromatic N) is 1. The van der Waals surface area contributed by atoms with Gasteiger partial charge in [0.25, 0.3) is 0 Å². The topological polar surface area (TPSA) is 73.7 Å². The van der Waals surface area contributed by atoms with E-state index in [1.807, 2.05) is 30.4 Å². The summed E-state index contributed by atoms with van der Waals surface area (Å²) < 4.78 is 0. The fourth-order valence-electron chi connectivity index (χ4n) is 1.10. The van der Waals surface area contributed by atoms with Crippen LogP contribution in [-0.4, -0.2) is 17.4 Å². The number of nitrogens with one attached hydrogen (secondary N) is 2. The molecule has 0 aromatic rings. The molecule has 5 nitrogen and oxygen atoms in total. The van der Waals surface area contributed by atoms with Crippen LogP contribution in [0.5, 0.6) is 0 Å². The molecule has 19 heavy (non-hydrogen) atoms. The van der Waals surface area contributed by atoms with Crippen molar-refractivity contribution in [2.75, 3.05) is 0 Å². The van der Waals surface area contributed by atoms with E-state index in [2.05, 4.69) is 15.6 Å². The molecule has 0 aromatic heterocycles. The quantitative estimate of drug-likeness (QED) is 0.675. The molecule has 5 heteroatoms. The first-order valence-electron chi connectivity index (χ1n) is 5.60. The molecule has 0 radical (unpaired) electrons. The highest BCUT2D eigenvalue weighted by molar-refractivity contribution is 5.84. The molecule has 0 atom stereocenters. The molecular weight excluding hydrogens is 242 g/mol. The van der Waals surface area contributed by atoms with E-state index in [9.17, 15) is 4.79 Å². The van der Waals surface area contributed by atoms with Gasteiger partial charge in [-0.3, -0.25) is 10.3 Å². The van der Waals surface area contributed by atoms with Crippen molar-refractivity contribution in [1.29, 1.82) is 0 Å². The van der Waals surface area contributed by atoms with Gasteiger partial charge in [-0.15, -0.1) is 0 Å². The Bertz CT molecular complexity index is 495. The second kappa shape index (κ2) is 9.23. The molecule has 0 aromatic carbocycles. The van der Waals surface area contributed by atoms with Crippen molar-refractivity contribution >= 4 is 12.3 Å². The van der Waals surface area contributed by atoms with Crippen LogP contribution in [0.3, 0.4) is 0 Å². The van der Waals surface area contributed by atoms with E-state index in [1.54, 1.807) is 30.6 Å². The number of aliphatic imine (C=N–C) groups is 1. The van der Waals surface area contributed by atoms with Crippen molar-refractivity contribution in [3.05, 3.63) is 72.9 Å². The lowest BCUT2D eigenvalue weighted by Gasteiger charge is -1.98. The summed E-state index contributed by atoms with van der Waals surface area (Å²) in [6.07, 6.45) is 19.6. The minimum absolute atomic E-state index is 0.378. The first-order valence-corrected chi connectivity index (χ1v) is 5.60. The fraction of sp³-hybridized carbons (Fsp3) is 0. The van der Waals surface area contributed by atoms with Crippen LogP contribution in [0, 0.1) is 0 Å². The summed E-state index contributed by atoms with van der Waals surface area (Å²) in [6, 6.07) is 0. The zero-order chi connectivity index (χ0) is 13.8. The van der Waals surface area contributed by atoms with Crippen molar-refractivity contribution in [3.63, 3.8) is 0 Å². The number of carbonyl (C=O) groups is 1. The lowest BCUT2D eigenvalue weighted by Crippen LogP contribution is -2.20. The minimum Gasteiger partial charge on any atom is -0.465 e. The molecule has 1 rings (SSSR count). The molecule has 0 bridgehead atoms. The molecule has 0 aliphatic carbocycles. The lowest BCUT2D eigenvalue weighted by molar-refractivity contribution is 0.198. The summed E-state index contributed by atoms with van der Waals surface area (Å²) in [5, 5.41) is 13.8. The van der Waals surface area contributed by atoms with Crippen LogP contribution in [0.25, 0.3) is 0 Å². The maximum Gasteiger partial charge on any atom is 0.409 e. The largest absolute Gasteiger partial charge is 0.465 e. The van der Waals surface area contributed by atoms with E-state index in [-0.39, 0.29) is 0 Å². The summed E-state index contributed by atoms with van der Waals surface area (Å²) in [6.45, 7) is 0. The van der Waals surface area contributed by atoms with Crippen molar-refractivity contribution in [2.45, 2.75) is 0 Å². The highest BCUT2D eigenvalue weighted by Gasteiger charge is 1.96. The van der Waals surface area contributed by atoms with Crippen LogP contribution in [0.4, 0.5) is 4.79 Å². The van der Waals surface area contributed by atoms with Gasteiger partial charge in [0.2, 0.25) is 0 Å². The Labute approximate surface area is 111 Å². The SMILES string of the molecule is O=C(O)NC1=C/C=C/C=C\C=C\C=C\N/C=C/N=C1. The third kappa shape index (κ3) is 7.98. The van der Waals surface area contributed by atoms with Crippen LogP contribution in [0.2, 0.25) is 0 Å². The Morgan fingerprint density at radius 1 is 1.05 bits per heavy atom. The Morgan fingerprint density at radius 2 is 1.74 bits per heavy atom. The molecule has 1 heterocycles. The predicted molar refractivity (Wildman–Crippen MR) is 76.6 cm³/mol. The van der Waals surface area contributed by atoms with E-state index in [0.717, 1.165) is 0 Å². The highest BCUT2D eigenvalue weighted by atomic mass is 16.4. The summed E-state index contributed by atoms with van der Waals surface area (Å²) in [4.78, 5) is 14.5. The Kier molecular flexibility index (Phi) is 6.92. The van der Waals surface area contributed by atoms with Crippen molar-refractivity contribution in [2.24, 2.45) is 4.99 Å². The van der Waals surface area contributed by atoms with Crippen molar-refractivity contribution < 1.29 is 9.90 Å². The van der Waals surface area contributed by atoms with E-state index < -0.39 is 6.09 Å². The molecule has 3 N–H and O–H groups in total. The predicted octanol–water partition coefficient (Wildman–Crippen LogP) is 2.47. The van der Waals surface area contributed by atoms with Gasteiger partial charge in [-0.1, -0.05) is 36.5 Å². The van der Waals surface area contributed by atoms with Crippen LogP contribution in [0.1, 0.15) is 0 Å². The van der Waals surface area contributed by atoms with Gasteiger partial charge in [0.15, 0.2) is 0 Å². The highest BCUT2D eigenvalue weighted by Crippen LogP contribution is 1.90. The van der Waals surface area contributed by atoms with Crippen LogP contribution in [-0.2, 0) is 0 Å². The maximum atomic E-state index is 10.6. The number of carboxylic acid groups (broad SMARTS) is 1. The lowest BCUT2D eigenvalue weighted by atomic mass is 10.3. The molecule has 0 fully saturated rings. The molecule has 0 saturated heterocycles. The number of hydrogen-bond acceptors (Lipinski definition) is 3. The van der Waals surface area contributed by atoms with Crippen molar-refractivity contribution in [3.8, 4) is 0 Å². The molecule has 1 aliphatic heterocycles. The normalized spacial score (nSPS) is 23.7. The van der Waals surface area contributed by atoms with E-state index in [4.69, 9.17) is 5.11 Å². The minimum atomic E-state index is -1.13. The van der Waals surface area contributed by atoms with Gasteiger partial charge in [-0.2, -0.15) is 0 Å². The zero-order valence-electron chi connectivity index (χ0n) is 10.2. The van der Waals surface area contributed by atoms with Gasteiger partial charge in [-0.05, 0) is 12.2 Å². The summed E-state index contributed by atoms with van der Waals surface area (Å²) in [7, 11) is 0. The van der Waals surface area contributed by atoms with Gasteiger partial charge >= 0.3 is 6.09 Å². The maximum absolute atomic E-state index is 10.6. The first-order chi connectivity index (χ1) is 9.29. The molecule has 0 spiro atoms. The van der Waals surface area contributed by atoms with E-state index in [1.165, 1.54) is 12.4 Å². The standard InChI is InChI=1S/C14H15N3O2/c18-14(19)17-13-8-6-4-2-1-3-5-7-9-15-10-11-16-12-13/h1-12,15,17H,(H,18,19)/b2-1-,5-3+,6-4+,9-7+,11-10+,13-8?,16-12?. The second-order valence-corrected chi connectivity index (χ2v) is 3.33. The fourth-order valence-corrected chi connectivity index (χ4v) is 1.10. The molecule has 0 saturated carbocycles. The molecule has 98 valence electrons. The third-order valence-corrected chi connectivity index (χ3v) is 1.86. The average molecular weight is 257 g/mol. The summed E-state index contributed by atoms with van der Waals surface area (Å²) >= 11 is 0. The van der Waals surface area contributed by atoms with Crippen LogP contribution < -0.4 is 10.6 Å². The summed E-state index contributed by atoms with van der Waals surface area (Å²) in [5.41, 5.74) is 0.378. The number of hydrogen-bond donors (Lipinski definition) is 3. The average Bonchev–Trinajstić information content (AvgIpc) is 2.38. The second-order valence-electron chi connectivity index (χ2n) is 3.33. The molecular formula is C14H15N3O2. The zero-order valence-corrected chi connectivity index (χ0v) is 10.2. The van der Waals surface area contributed by atoms with Gasteiger partial charge < -0.3 is 10.4 Å². The van der Waals surface area contributed by atoms with Gasteiger partial charge in [0, 0.05) is 18.6 Å². The van der Waals surface area contributed by atoms with Gasteiger partial charge in [0.05, 0.1) is 11.9 Å². The van der Waals surface area contributed by atoms with Crippen LogP contribution in [0.15, 0.2) is 77.9 Å². The van der Waals surface area contributed by atoms with E-state index in [0.29, 0.717) is 5.70 Å². The Hall–Kier alpha value is -2.82. The van der Waals surface area contributed by atoms with Crippen LogP contribution >= 0.6 is 0 Å². The molecule has 0 unspecified atom stereocenters. The molecule has 1 amide bonds. The first kappa shape index (κ1) is 14.2. The monoisotopic (exact) mass is 257 g/mol.